The molecule has 0 aromatic carbocycles. The molecule has 3 fully saturated rings. The second-order valence-corrected chi connectivity index (χ2v) is 11.8. The summed E-state index contributed by atoms with van der Waals surface area (Å²) in [5.41, 5.74) is 0.813. The van der Waals surface area contributed by atoms with Crippen molar-refractivity contribution in [2.45, 2.75) is 112 Å². The third kappa shape index (κ3) is 4.31. The van der Waals surface area contributed by atoms with E-state index in [2.05, 4.69) is 34.6 Å². The van der Waals surface area contributed by atoms with Crippen molar-refractivity contribution in [2.75, 3.05) is 0 Å². The van der Waals surface area contributed by atoms with E-state index in [1.54, 1.807) is 0 Å². The van der Waals surface area contributed by atoms with Crippen LogP contribution in [-0.2, 0) is 4.79 Å². The van der Waals surface area contributed by atoms with Crippen LogP contribution in [0.2, 0.25) is 0 Å². The lowest BCUT2D eigenvalue weighted by molar-refractivity contribution is -0.139. The minimum atomic E-state index is -0.611. The average Bonchev–Trinajstić information content (AvgIpc) is 2.97. The number of hydrogen-bond acceptors (Lipinski definition) is 1. The molecule has 3 aliphatic rings. The lowest BCUT2D eigenvalue weighted by atomic mass is 9.48. The zero-order valence-corrected chi connectivity index (χ0v) is 19.3. The highest BCUT2D eigenvalue weighted by Crippen LogP contribution is 2.66. The molecular formula is C26H46O2. The molecule has 0 amide bonds. The van der Waals surface area contributed by atoms with E-state index in [0.717, 1.165) is 41.9 Å². The Labute approximate surface area is 174 Å². The van der Waals surface area contributed by atoms with E-state index >= 15 is 0 Å². The van der Waals surface area contributed by atoms with E-state index in [-0.39, 0.29) is 5.41 Å². The summed E-state index contributed by atoms with van der Waals surface area (Å²) in [7, 11) is 0. The predicted octanol–water partition coefficient (Wildman–Crippen LogP) is 7.56. The van der Waals surface area contributed by atoms with Crippen LogP contribution in [-0.4, -0.2) is 11.1 Å². The lowest BCUT2D eigenvalue weighted by Crippen LogP contribution is -2.49. The standard InChI is InChI=1S/C26H46O2/c1-18(2)8-6-9-19(3)21-11-12-23-20-10-7-15-25(4,16-14-24(27)28)22(20)13-17-26(21,23)5/h18-23H,6-17H2,1-5H3,(H,27,28)/t19-,20-,21+,22+,23-,25-,26+/m0/s1. The number of hydrogen-bond donors (Lipinski definition) is 1. The van der Waals surface area contributed by atoms with E-state index in [4.69, 9.17) is 0 Å². The van der Waals surface area contributed by atoms with Crippen molar-refractivity contribution in [1.82, 2.24) is 0 Å². The molecule has 0 heterocycles. The van der Waals surface area contributed by atoms with Crippen LogP contribution < -0.4 is 0 Å². The van der Waals surface area contributed by atoms with Gasteiger partial charge in [0.1, 0.15) is 0 Å². The van der Waals surface area contributed by atoms with Crippen molar-refractivity contribution in [3.8, 4) is 0 Å². The minimum Gasteiger partial charge on any atom is -0.481 e. The van der Waals surface area contributed by atoms with Crippen LogP contribution in [0, 0.1) is 46.3 Å². The van der Waals surface area contributed by atoms with Gasteiger partial charge in [0, 0.05) is 6.42 Å². The summed E-state index contributed by atoms with van der Waals surface area (Å²) in [5, 5.41) is 9.25. The molecule has 3 rings (SSSR count). The highest BCUT2D eigenvalue weighted by Gasteiger charge is 2.58. The van der Waals surface area contributed by atoms with Crippen LogP contribution in [0.15, 0.2) is 0 Å². The number of carboxylic acids is 1. The van der Waals surface area contributed by atoms with Gasteiger partial charge in [0.2, 0.25) is 0 Å². The third-order valence-corrected chi connectivity index (χ3v) is 9.73. The molecule has 0 aliphatic heterocycles. The summed E-state index contributed by atoms with van der Waals surface area (Å²) in [4.78, 5) is 11.2. The molecule has 0 spiro atoms. The number of aliphatic carboxylic acids is 1. The molecule has 0 saturated heterocycles. The van der Waals surface area contributed by atoms with Gasteiger partial charge in [-0.3, -0.25) is 4.79 Å². The second kappa shape index (κ2) is 8.68. The van der Waals surface area contributed by atoms with E-state index in [1.807, 2.05) is 0 Å². The minimum absolute atomic E-state index is 0.267. The lowest BCUT2D eigenvalue weighted by Gasteiger charge is -2.57. The van der Waals surface area contributed by atoms with Gasteiger partial charge in [-0.2, -0.15) is 0 Å². The fourth-order valence-electron chi connectivity index (χ4n) is 8.21. The van der Waals surface area contributed by atoms with Crippen LogP contribution in [0.25, 0.3) is 0 Å². The van der Waals surface area contributed by atoms with Crippen molar-refractivity contribution >= 4 is 5.97 Å². The molecule has 0 aromatic heterocycles. The highest BCUT2D eigenvalue weighted by atomic mass is 16.4. The van der Waals surface area contributed by atoms with Crippen LogP contribution in [0.1, 0.15) is 112 Å². The Bertz CT molecular complexity index is 541. The molecule has 162 valence electrons. The molecular weight excluding hydrogens is 344 g/mol. The van der Waals surface area contributed by atoms with Gasteiger partial charge in [-0.05, 0) is 91.3 Å². The van der Waals surface area contributed by atoms with Gasteiger partial charge < -0.3 is 5.11 Å². The van der Waals surface area contributed by atoms with Crippen molar-refractivity contribution in [3.63, 3.8) is 0 Å². The molecule has 7 atom stereocenters. The molecule has 0 unspecified atom stereocenters. The summed E-state index contributed by atoms with van der Waals surface area (Å²) in [6.07, 6.45) is 15.0. The average molecular weight is 391 g/mol. The first-order valence-corrected chi connectivity index (χ1v) is 12.4. The number of carbonyl (C=O) groups is 1. The van der Waals surface area contributed by atoms with Crippen LogP contribution in [0.5, 0.6) is 0 Å². The van der Waals surface area contributed by atoms with Crippen LogP contribution in [0.4, 0.5) is 0 Å². The molecule has 1 N–H and O–H groups in total. The van der Waals surface area contributed by atoms with Gasteiger partial charge in [-0.25, -0.2) is 0 Å². The van der Waals surface area contributed by atoms with Gasteiger partial charge in [0.25, 0.3) is 0 Å². The van der Waals surface area contributed by atoms with Gasteiger partial charge in [-0.15, -0.1) is 0 Å². The van der Waals surface area contributed by atoms with Gasteiger partial charge in [-0.1, -0.05) is 60.3 Å². The smallest absolute Gasteiger partial charge is 0.303 e. The van der Waals surface area contributed by atoms with Crippen LogP contribution >= 0.6 is 0 Å². The largest absolute Gasteiger partial charge is 0.481 e. The molecule has 3 saturated carbocycles. The predicted molar refractivity (Wildman–Crippen MR) is 117 cm³/mol. The topological polar surface area (TPSA) is 37.3 Å². The zero-order valence-electron chi connectivity index (χ0n) is 19.3. The van der Waals surface area contributed by atoms with E-state index in [0.29, 0.717) is 11.8 Å². The summed E-state index contributed by atoms with van der Waals surface area (Å²) in [6.45, 7) is 12.3. The Morgan fingerprint density at radius 1 is 1.00 bits per heavy atom. The second-order valence-electron chi connectivity index (χ2n) is 11.8. The SMILES string of the molecule is CC(C)CCC[C@H](C)[C@H]1CC[C@H]2[C@H]3CCC[C@@](C)(CCC(=O)O)[C@@H]3CC[C@]12C. The Kier molecular flexibility index (Phi) is 6.87. The number of fused-ring (bicyclic) bond motifs is 3. The van der Waals surface area contributed by atoms with Gasteiger partial charge in [0.15, 0.2) is 0 Å². The summed E-state index contributed by atoms with van der Waals surface area (Å²) in [6, 6.07) is 0. The monoisotopic (exact) mass is 390 g/mol. The normalized spacial score (nSPS) is 41.5. The quantitative estimate of drug-likeness (QED) is 0.464. The van der Waals surface area contributed by atoms with E-state index in [1.165, 1.54) is 64.2 Å². The molecule has 0 bridgehead atoms. The van der Waals surface area contributed by atoms with Crippen LogP contribution in [0.3, 0.4) is 0 Å². The highest BCUT2D eigenvalue weighted by molar-refractivity contribution is 5.66. The summed E-state index contributed by atoms with van der Waals surface area (Å²) < 4.78 is 0. The van der Waals surface area contributed by atoms with Crippen molar-refractivity contribution in [1.29, 1.82) is 0 Å². The Balaban J connectivity index is 1.68. The Hall–Kier alpha value is -0.530. The van der Waals surface area contributed by atoms with Crippen molar-refractivity contribution in [3.05, 3.63) is 0 Å². The van der Waals surface area contributed by atoms with Gasteiger partial charge >= 0.3 is 5.97 Å². The maximum absolute atomic E-state index is 11.2. The summed E-state index contributed by atoms with van der Waals surface area (Å²) >= 11 is 0. The van der Waals surface area contributed by atoms with Gasteiger partial charge in [0.05, 0.1) is 0 Å². The first kappa shape index (κ1) is 22.2. The molecule has 2 nitrogen and oxygen atoms in total. The van der Waals surface area contributed by atoms with Crippen molar-refractivity contribution < 1.29 is 9.90 Å². The maximum atomic E-state index is 11.2. The fourth-order valence-corrected chi connectivity index (χ4v) is 8.21. The number of rotatable bonds is 8. The molecule has 2 heteroatoms. The first-order valence-electron chi connectivity index (χ1n) is 12.4. The van der Waals surface area contributed by atoms with E-state index in [9.17, 15) is 9.90 Å². The Morgan fingerprint density at radius 3 is 2.43 bits per heavy atom. The third-order valence-electron chi connectivity index (χ3n) is 9.73. The fraction of sp³-hybridized carbons (Fsp3) is 0.962. The van der Waals surface area contributed by atoms with Crippen molar-refractivity contribution in [2.24, 2.45) is 46.3 Å². The number of carboxylic acid groups (broad SMARTS) is 1. The molecule has 0 aromatic rings. The summed E-state index contributed by atoms with van der Waals surface area (Å²) in [5.74, 6) is 4.53. The molecule has 0 radical (unpaired) electrons. The van der Waals surface area contributed by atoms with E-state index < -0.39 is 5.97 Å². The molecule has 3 aliphatic carbocycles. The maximum Gasteiger partial charge on any atom is 0.303 e. The zero-order chi connectivity index (χ0) is 20.5. The first-order chi connectivity index (χ1) is 13.2. The molecule has 28 heavy (non-hydrogen) atoms. The Morgan fingerprint density at radius 2 is 1.75 bits per heavy atom.